The molecule has 1 heterocycles. The number of carbonyl (C=O) groups is 1. The standard InChI is InChI=1S/C21H24N2O2/c1-25-14-13-23(16-17-7-3-2-4-8-17)21(24)12-11-18-15-22-20-10-6-5-9-19(18)20/h2-10,15,22H,11-14,16H2,1H3. The predicted molar refractivity (Wildman–Crippen MR) is 100 cm³/mol. The Labute approximate surface area is 148 Å². The van der Waals surface area contributed by atoms with Crippen LogP contribution in [0.15, 0.2) is 60.8 Å². The lowest BCUT2D eigenvalue weighted by molar-refractivity contribution is -0.132. The van der Waals surface area contributed by atoms with Crippen molar-refractivity contribution in [3.8, 4) is 0 Å². The van der Waals surface area contributed by atoms with Crippen LogP contribution in [0.5, 0.6) is 0 Å². The molecule has 25 heavy (non-hydrogen) atoms. The molecular formula is C21H24N2O2. The molecule has 130 valence electrons. The molecular weight excluding hydrogens is 312 g/mol. The van der Waals surface area contributed by atoms with Gasteiger partial charge in [0, 0.05) is 43.7 Å². The Bertz CT molecular complexity index is 811. The summed E-state index contributed by atoms with van der Waals surface area (Å²) in [6.07, 6.45) is 3.24. The van der Waals surface area contributed by atoms with Gasteiger partial charge in [-0.2, -0.15) is 0 Å². The number of rotatable bonds is 8. The van der Waals surface area contributed by atoms with E-state index in [1.807, 2.05) is 53.6 Å². The van der Waals surface area contributed by atoms with Gasteiger partial charge in [0.15, 0.2) is 0 Å². The van der Waals surface area contributed by atoms with E-state index in [9.17, 15) is 4.79 Å². The van der Waals surface area contributed by atoms with Crippen molar-refractivity contribution in [1.82, 2.24) is 9.88 Å². The lowest BCUT2D eigenvalue weighted by atomic mass is 10.1. The van der Waals surface area contributed by atoms with E-state index >= 15 is 0 Å². The van der Waals surface area contributed by atoms with E-state index in [2.05, 4.69) is 17.1 Å². The van der Waals surface area contributed by atoms with E-state index in [0.717, 1.165) is 17.5 Å². The van der Waals surface area contributed by atoms with Gasteiger partial charge in [-0.25, -0.2) is 0 Å². The van der Waals surface area contributed by atoms with Crippen LogP contribution in [0.4, 0.5) is 0 Å². The van der Waals surface area contributed by atoms with E-state index < -0.39 is 0 Å². The minimum atomic E-state index is 0.159. The van der Waals surface area contributed by atoms with Crippen molar-refractivity contribution >= 4 is 16.8 Å². The largest absolute Gasteiger partial charge is 0.383 e. The number of amides is 1. The third kappa shape index (κ3) is 4.48. The summed E-state index contributed by atoms with van der Waals surface area (Å²) in [5.74, 6) is 0.159. The van der Waals surface area contributed by atoms with Crippen LogP contribution in [-0.4, -0.2) is 36.1 Å². The molecule has 0 bridgehead atoms. The first-order chi connectivity index (χ1) is 12.3. The summed E-state index contributed by atoms with van der Waals surface area (Å²) in [7, 11) is 1.66. The highest BCUT2D eigenvalue weighted by Gasteiger charge is 2.15. The summed E-state index contributed by atoms with van der Waals surface area (Å²) in [4.78, 5) is 17.9. The van der Waals surface area contributed by atoms with Gasteiger partial charge in [0.2, 0.25) is 5.91 Å². The highest BCUT2D eigenvalue weighted by molar-refractivity contribution is 5.84. The van der Waals surface area contributed by atoms with E-state index in [-0.39, 0.29) is 5.91 Å². The molecule has 0 aliphatic rings. The summed E-state index contributed by atoms with van der Waals surface area (Å²) in [5, 5.41) is 1.20. The Kier molecular flexibility index (Phi) is 5.86. The average Bonchev–Trinajstić information content (AvgIpc) is 3.07. The van der Waals surface area contributed by atoms with Crippen LogP contribution in [0, 0.1) is 0 Å². The van der Waals surface area contributed by atoms with Crippen LogP contribution in [0.1, 0.15) is 17.5 Å². The van der Waals surface area contributed by atoms with Gasteiger partial charge >= 0.3 is 0 Å². The molecule has 0 radical (unpaired) electrons. The van der Waals surface area contributed by atoms with Crippen molar-refractivity contribution in [2.45, 2.75) is 19.4 Å². The number of fused-ring (bicyclic) bond motifs is 1. The first kappa shape index (κ1) is 17.2. The lowest BCUT2D eigenvalue weighted by Crippen LogP contribution is -2.33. The maximum absolute atomic E-state index is 12.7. The van der Waals surface area contributed by atoms with Crippen molar-refractivity contribution in [1.29, 1.82) is 0 Å². The quantitative estimate of drug-likeness (QED) is 0.680. The molecule has 4 heteroatoms. The molecule has 4 nitrogen and oxygen atoms in total. The first-order valence-corrected chi connectivity index (χ1v) is 8.63. The van der Waals surface area contributed by atoms with Crippen LogP contribution in [0.2, 0.25) is 0 Å². The fraction of sp³-hybridized carbons (Fsp3) is 0.286. The van der Waals surface area contributed by atoms with Gasteiger partial charge in [-0.1, -0.05) is 48.5 Å². The highest BCUT2D eigenvalue weighted by Crippen LogP contribution is 2.19. The molecule has 0 atom stereocenters. The van der Waals surface area contributed by atoms with Crippen LogP contribution in [0.3, 0.4) is 0 Å². The van der Waals surface area contributed by atoms with Crippen molar-refractivity contribution < 1.29 is 9.53 Å². The van der Waals surface area contributed by atoms with Gasteiger partial charge in [-0.3, -0.25) is 4.79 Å². The number of nitrogens with zero attached hydrogens (tertiary/aromatic N) is 1. The minimum absolute atomic E-state index is 0.159. The Morgan fingerprint density at radius 2 is 1.84 bits per heavy atom. The fourth-order valence-corrected chi connectivity index (χ4v) is 3.04. The lowest BCUT2D eigenvalue weighted by Gasteiger charge is -2.22. The normalized spacial score (nSPS) is 10.9. The Morgan fingerprint density at radius 1 is 1.08 bits per heavy atom. The first-order valence-electron chi connectivity index (χ1n) is 8.63. The van der Waals surface area contributed by atoms with Crippen molar-refractivity contribution in [3.05, 3.63) is 71.9 Å². The van der Waals surface area contributed by atoms with Crippen LogP contribution < -0.4 is 0 Å². The molecule has 0 saturated carbocycles. The number of ether oxygens (including phenoxy) is 1. The van der Waals surface area contributed by atoms with Crippen molar-refractivity contribution in [3.63, 3.8) is 0 Å². The monoisotopic (exact) mass is 336 g/mol. The number of methoxy groups -OCH3 is 1. The number of hydrogen-bond donors (Lipinski definition) is 1. The number of aromatic amines is 1. The van der Waals surface area contributed by atoms with Gasteiger partial charge in [0.1, 0.15) is 0 Å². The second kappa shape index (κ2) is 8.49. The Hall–Kier alpha value is -2.59. The summed E-state index contributed by atoms with van der Waals surface area (Å²) < 4.78 is 5.17. The van der Waals surface area contributed by atoms with Gasteiger partial charge in [-0.15, -0.1) is 0 Å². The number of H-pyrrole nitrogens is 1. The SMILES string of the molecule is COCCN(Cc1ccccc1)C(=O)CCc1c[nH]c2ccccc12. The number of benzene rings is 2. The Balaban J connectivity index is 1.65. The number of hydrogen-bond acceptors (Lipinski definition) is 2. The molecule has 3 rings (SSSR count). The van der Waals surface area contributed by atoms with Gasteiger partial charge in [0.25, 0.3) is 0 Å². The second-order valence-electron chi connectivity index (χ2n) is 6.15. The van der Waals surface area contributed by atoms with E-state index in [4.69, 9.17) is 4.74 Å². The summed E-state index contributed by atoms with van der Waals surface area (Å²) >= 11 is 0. The van der Waals surface area contributed by atoms with Crippen LogP contribution in [0.25, 0.3) is 10.9 Å². The van der Waals surface area contributed by atoms with E-state index in [1.54, 1.807) is 7.11 Å². The molecule has 0 unspecified atom stereocenters. The molecule has 2 aromatic carbocycles. The number of aryl methyl sites for hydroxylation is 1. The second-order valence-corrected chi connectivity index (χ2v) is 6.15. The third-order valence-electron chi connectivity index (χ3n) is 4.42. The molecule has 0 spiro atoms. The molecule has 0 fully saturated rings. The van der Waals surface area contributed by atoms with Gasteiger partial charge in [0.05, 0.1) is 6.61 Å². The summed E-state index contributed by atoms with van der Waals surface area (Å²) in [6, 6.07) is 18.3. The molecule has 0 saturated heterocycles. The van der Waals surface area contributed by atoms with Crippen molar-refractivity contribution in [2.75, 3.05) is 20.3 Å². The Morgan fingerprint density at radius 3 is 2.64 bits per heavy atom. The van der Waals surface area contributed by atoms with Gasteiger partial charge in [-0.05, 0) is 23.6 Å². The zero-order valence-corrected chi connectivity index (χ0v) is 14.6. The summed E-state index contributed by atoms with van der Waals surface area (Å²) in [6.45, 7) is 1.78. The molecule has 0 aliphatic heterocycles. The maximum atomic E-state index is 12.7. The maximum Gasteiger partial charge on any atom is 0.223 e. The zero-order valence-electron chi connectivity index (χ0n) is 14.6. The molecule has 1 aromatic heterocycles. The highest BCUT2D eigenvalue weighted by atomic mass is 16.5. The summed E-state index contributed by atoms with van der Waals surface area (Å²) in [5.41, 5.74) is 3.44. The predicted octanol–water partition coefficient (Wildman–Crippen LogP) is 3.78. The molecule has 1 N–H and O–H groups in total. The average molecular weight is 336 g/mol. The third-order valence-corrected chi connectivity index (χ3v) is 4.42. The molecule has 1 amide bonds. The molecule has 0 aliphatic carbocycles. The smallest absolute Gasteiger partial charge is 0.223 e. The number of nitrogens with one attached hydrogen (secondary N) is 1. The minimum Gasteiger partial charge on any atom is -0.383 e. The number of aromatic nitrogens is 1. The van der Waals surface area contributed by atoms with E-state index in [0.29, 0.717) is 26.1 Å². The van der Waals surface area contributed by atoms with Gasteiger partial charge < -0.3 is 14.6 Å². The fourth-order valence-electron chi connectivity index (χ4n) is 3.04. The van der Waals surface area contributed by atoms with Crippen molar-refractivity contribution in [2.24, 2.45) is 0 Å². The zero-order chi connectivity index (χ0) is 17.5. The van der Waals surface area contributed by atoms with Crippen LogP contribution >= 0.6 is 0 Å². The molecule has 3 aromatic rings. The number of para-hydroxylation sites is 1. The topological polar surface area (TPSA) is 45.3 Å². The van der Waals surface area contributed by atoms with E-state index in [1.165, 1.54) is 10.9 Å². The number of carbonyl (C=O) groups excluding carboxylic acids is 1. The van der Waals surface area contributed by atoms with Crippen LogP contribution in [-0.2, 0) is 22.5 Å².